The Morgan fingerprint density at radius 2 is 1.90 bits per heavy atom. The second kappa shape index (κ2) is 14.3. The van der Waals surface area contributed by atoms with Gasteiger partial charge < -0.3 is 34.7 Å². The summed E-state index contributed by atoms with van der Waals surface area (Å²) in [6.45, 7) is 12.5. The van der Waals surface area contributed by atoms with E-state index in [1.807, 2.05) is 13.8 Å². The molecule has 1 amide bonds. The maximum Gasteiger partial charge on any atom is 0.407 e. The zero-order valence-electron chi connectivity index (χ0n) is 25.0. The van der Waals surface area contributed by atoms with E-state index in [1.165, 1.54) is 5.57 Å². The highest BCUT2D eigenvalue weighted by molar-refractivity contribution is 5.70. The van der Waals surface area contributed by atoms with E-state index in [0.717, 1.165) is 38.5 Å². The van der Waals surface area contributed by atoms with Crippen LogP contribution in [0.3, 0.4) is 0 Å². The maximum absolute atomic E-state index is 13.1. The summed E-state index contributed by atoms with van der Waals surface area (Å²) in [5.74, 6) is -0.292. The monoisotopic (exact) mass is 552 g/mol. The Morgan fingerprint density at radius 3 is 2.51 bits per heavy atom. The molecule has 1 saturated carbocycles. The molecule has 3 N–H and O–H groups in total. The number of epoxide rings is 2. The summed E-state index contributed by atoms with van der Waals surface area (Å²) in [6, 6.07) is 0. The van der Waals surface area contributed by atoms with Crippen molar-refractivity contribution in [3.05, 3.63) is 11.6 Å². The average Bonchev–Trinajstić information content (AvgIpc) is 3.80. The number of amides is 1. The molecule has 0 aromatic heterocycles. The Labute approximate surface area is 234 Å². The van der Waals surface area contributed by atoms with E-state index in [9.17, 15) is 9.59 Å². The number of nitrogens with two attached hydrogens (primary N) is 1. The first-order valence-electron chi connectivity index (χ1n) is 14.8. The van der Waals surface area contributed by atoms with Crippen molar-refractivity contribution in [2.45, 2.75) is 115 Å². The molecule has 3 unspecified atom stereocenters. The van der Waals surface area contributed by atoms with Crippen molar-refractivity contribution in [3.63, 3.8) is 0 Å². The second-order valence-corrected chi connectivity index (χ2v) is 12.3. The van der Waals surface area contributed by atoms with Crippen LogP contribution in [0.15, 0.2) is 11.6 Å². The predicted octanol–water partition coefficient (Wildman–Crippen LogP) is 4.51. The van der Waals surface area contributed by atoms with Gasteiger partial charge in [0.15, 0.2) is 0 Å². The summed E-state index contributed by atoms with van der Waals surface area (Å²) >= 11 is 0. The molecule has 3 rings (SSSR count). The highest BCUT2D eigenvalue weighted by atomic mass is 16.6. The van der Waals surface area contributed by atoms with Crippen LogP contribution in [-0.2, 0) is 28.5 Å². The van der Waals surface area contributed by atoms with Gasteiger partial charge in [0.25, 0.3) is 0 Å². The van der Waals surface area contributed by atoms with E-state index in [1.54, 1.807) is 7.11 Å². The minimum atomic E-state index is -0.447. The van der Waals surface area contributed by atoms with Crippen LogP contribution in [0, 0.1) is 17.8 Å². The van der Waals surface area contributed by atoms with Gasteiger partial charge in [-0.1, -0.05) is 38.3 Å². The summed E-state index contributed by atoms with van der Waals surface area (Å²) in [6.07, 6.45) is 7.69. The number of unbranched alkanes of at least 4 members (excludes halogenated alkanes) is 3. The van der Waals surface area contributed by atoms with Gasteiger partial charge >= 0.3 is 12.1 Å². The van der Waals surface area contributed by atoms with Crippen molar-refractivity contribution in [2.24, 2.45) is 23.5 Å². The normalized spacial score (nSPS) is 32.0. The molecule has 2 saturated heterocycles. The number of methoxy groups -OCH3 is 1. The zero-order valence-corrected chi connectivity index (χ0v) is 25.0. The SMILES string of the molecule is COC1C(OC(=O)C[C@@H](COC(=O)NCCCCCCN)C(C)C)CC[C@]2(CO2)C1[C@@]1(C)O[C@@H]1CC=C(C)C. The topological polar surface area (TPSA) is 125 Å². The molecule has 1 spiro atoms. The number of ether oxygens (including phenoxy) is 5. The van der Waals surface area contributed by atoms with Gasteiger partial charge in [0.2, 0.25) is 0 Å². The van der Waals surface area contributed by atoms with Gasteiger partial charge in [0.05, 0.1) is 31.7 Å². The molecule has 0 radical (unpaired) electrons. The molecule has 224 valence electrons. The van der Waals surface area contributed by atoms with Crippen LogP contribution in [-0.4, -0.2) is 75.0 Å². The third-order valence-corrected chi connectivity index (χ3v) is 8.72. The first kappa shape index (κ1) is 31.8. The van der Waals surface area contributed by atoms with Crippen LogP contribution in [0.2, 0.25) is 0 Å². The van der Waals surface area contributed by atoms with Crippen LogP contribution >= 0.6 is 0 Å². The summed E-state index contributed by atoms with van der Waals surface area (Å²) in [4.78, 5) is 25.3. The largest absolute Gasteiger partial charge is 0.460 e. The molecule has 9 heteroatoms. The number of rotatable bonds is 16. The van der Waals surface area contributed by atoms with E-state index >= 15 is 0 Å². The van der Waals surface area contributed by atoms with Crippen molar-refractivity contribution < 1.29 is 33.3 Å². The molecule has 3 fully saturated rings. The number of esters is 1. The van der Waals surface area contributed by atoms with Gasteiger partial charge in [0.1, 0.15) is 23.4 Å². The fourth-order valence-corrected chi connectivity index (χ4v) is 6.04. The van der Waals surface area contributed by atoms with Crippen molar-refractivity contribution in [1.82, 2.24) is 5.32 Å². The minimum absolute atomic E-state index is 0.0136. The Morgan fingerprint density at radius 1 is 1.18 bits per heavy atom. The van der Waals surface area contributed by atoms with Gasteiger partial charge in [-0.15, -0.1) is 0 Å². The molecule has 0 aromatic rings. The fraction of sp³-hybridized carbons (Fsp3) is 0.867. The second-order valence-electron chi connectivity index (χ2n) is 12.3. The third-order valence-electron chi connectivity index (χ3n) is 8.72. The number of carbonyl (C=O) groups is 2. The molecular formula is C30H52N2O7. The Hall–Kier alpha value is -1.68. The Kier molecular flexibility index (Phi) is 11.7. The van der Waals surface area contributed by atoms with E-state index < -0.39 is 6.09 Å². The van der Waals surface area contributed by atoms with Crippen LogP contribution < -0.4 is 11.1 Å². The van der Waals surface area contributed by atoms with E-state index in [-0.39, 0.29) is 66.3 Å². The van der Waals surface area contributed by atoms with Gasteiger partial charge in [-0.05, 0) is 65.3 Å². The van der Waals surface area contributed by atoms with E-state index in [2.05, 4.69) is 32.2 Å². The Bertz CT molecular complexity index is 839. The molecule has 1 aliphatic carbocycles. The maximum atomic E-state index is 13.1. The van der Waals surface area contributed by atoms with E-state index in [0.29, 0.717) is 26.1 Å². The molecule has 3 aliphatic rings. The van der Waals surface area contributed by atoms with Crippen molar-refractivity contribution >= 4 is 12.1 Å². The standard InChI is InChI=1S/C30H52N2O7/c1-20(2)11-12-24-29(5,39-24)27-26(35-6)23(13-14-30(27)19-37-30)38-25(33)17-22(21(3)4)18-36-28(34)32-16-10-8-7-9-15-31/h11,21-24,26-27H,7-10,12-19,31H2,1-6H3,(H,32,34)/t22-,23?,24+,26?,27?,29-,30-/m0/s1. The quantitative estimate of drug-likeness (QED) is 0.124. The number of nitrogens with one attached hydrogen (secondary N) is 1. The molecule has 9 nitrogen and oxygen atoms in total. The minimum Gasteiger partial charge on any atom is -0.460 e. The summed E-state index contributed by atoms with van der Waals surface area (Å²) in [7, 11) is 1.68. The van der Waals surface area contributed by atoms with Crippen LogP contribution in [0.4, 0.5) is 4.79 Å². The van der Waals surface area contributed by atoms with Gasteiger partial charge in [-0.3, -0.25) is 4.79 Å². The molecule has 2 heterocycles. The van der Waals surface area contributed by atoms with Crippen LogP contribution in [0.25, 0.3) is 0 Å². The fourth-order valence-electron chi connectivity index (χ4n) is 6.04. The molecule has 2 aliphatic heterocycles. The van der Waals surface area contributed by atoms with Gasteiger partial charge in [-0.25, -0.2) is 4.79 Å². The number of allylic oxidation sites excluding steroid dienone is 1. The zero-order chi connectivity index (χ0) is 28.6. The average molecular weight is 553 g/mol. The van der Waals surface area contributed by atoms with Gasteiger partial charge in [-0.2, -0.15) is 0 Å². The lowest BCUT2D eigenvalue weighted by Crippen LogP contribution is -2.55. The highest BCUT2D eigenvalue weighted by Crippen LogP contribution is 2.59. The molecule has 0 aromatic carbocycles. The number of carbonyl (C=O) groups excluding carboxylic acids is 2. The number of alkyl carbamates (subject to hydrolysis) is 1. The van der Waals surface area contributed by atoms with E-state index in [4.69, 9.17) is 29.4 Å². The van der Waals surface area contributed by atoms with Crippen molar-refractivity contribution in [2.75, 3.05) is 33.4 Å². The Balaban J connectivity index is 1.51. The molecule has 7 atom stereocenters. The third kappa shape index (κ3) is 8.65. The van der Waals surface area contributed by atoms with Crippen LogP contribution in [0.5, 0.6) is 0 Å². The molecule has 39 heavy (non-hydrogen) atoms. The van der Waals surface area contributed by atoms with Crippen molar-refractivity contribution in [3.8, 4) is 0 Å². The first-order valence-corrected chi connectivity index (χ1v) is 14.8. The lowest BCUT2D eigenvalue weighted by Gasteiger charge is -2.42. The van der Waals surface area contributed by atoms with Crippen molar-refractivity contribution in [1.29, 1.82) is 0 Å². The predicted molar refractivity (Wildman–Crippen MR) is 149 cm³/mol. The first-order chi connectivity index (χ1) is 18.6. The smallest absolute Gasteiger partial charge is 0.407 e. The van der Waals surface area contributed by atoms with Crippen LogP contribution in [0.1, 0.15) is 86.0 Å². The summed E-state index contributed by atoms with van der Waals surface area (Å²) in [5, 5.41) is 2.79. The summed E-state index contributed by atoms with van der Waals surface area (Å²) in [5.41, 5.74) is 6.14. The molecular weight excluding hydrogens is 500 g/mol. The number of hydrogen-bond donors (Lipinski definition) is 2. The van der Waals surface area contributed by atoms with Gasteiger partial charge in [0, 0.05) is 19.6 Å². The number of hydrogen-bond acceptors (Lipinski definition) is 8. The summed E-state index contributed by atoms with van der Waals surface area (Å²) < 4.78 is 29.7. The lowest BCUT2D eigenvalue weighted by molar-refractivity contribution is -0.173. The lowest BCUT2D eigenvalue weighted by atomic mass is 9.68. The molecule has 0 bridgehead atoms. The highest BCUT2D eigenvalue weighted by Gasteiger charge is 2.72.